The highest BCUT2D eigenvalue weighted by Crippen LogP contribution is 2.35. The van der Waals surface area contributed by atoms with Crippen LogP contribution in [0.5, 0.6) is 0 Å². The number of amides is 1. The quantitative estimate of drug-likeness (QED) is 0.856. The molecule has 2 aromatic carbocycles. The summed E-state index contributed by atoms with van der Waals surface area (Å²) >= 11 is 0. The summed E-state index contributed by atoms with van der Waals surface area (Å²) in [6.07, 6.45) is 2.93. The zero-order valence-corrected chi connectivity index (χ0v) is 17.1. The number of nitrogens with zero attached hydrogens (tertiary/aromatic N) is 4. The van der Waals surface area contributed by atoms with Gasteiger partial charge in [-0.25, -0.2) is 4.99 Å². The van der Waals surface area contributed by atoms with Gasteiger partial charge in [0.2, 0.25) is 5.91 Å². The van der Waals surface area contributed by atoms with Crippen LogP contribution in [0.4, 0.5) is 11.4 Å². The summed E-state index contributed by atoms with van der Waals surface area (Å²) in [5, 5.41) is 13.0. The number of benzene rings is 2. The average molecular weight is 399 g/mol. The smallest absolute Gasteiger partial charge is 0.225 e. The second-order valence-corrected chi connectivity index (χ2v) is 8.41. The summed E-state index contributed by atoms with van der Waals surface area (Å²) in [4.78, 5) is 21.8. The largest absolute Gasteiger partial charge is 0.363 e. The van der Waals surface area contributed by atoms with Gasteiger partial charge in [-0.2, -0.15) is 5.26 Å². The zero-order valence-electron chi connectivity index (χ0n) is 17.1. The minimum Gasteiger partial charge on any atom is -0.363 e. The molecular formula is C24H25N5O. The van der Waals surface area contributed by atoms with Crippen molar-refractivity contribution in [3.63, 3.8) is 0 Å². The van der Waals surface area contributed by atoms with Gasteiger partial charge in [-0.3, -0.25) is 9.69 Å². The topological polar surface area (TPSA) is 71.7 Å². The van der Waals surface area contributed by atoms with Crippen LogP contribution in [0.2, 0.25) is 0 Å². The van der Waals surface area contributed by atoms with Gasteiger partial charge in [-0.1, -0.05) is 24.3 Å². The normalized spacial score (nSPS) is 23.1. The molecule has 2 atom stereocenters. The lowest BCUT2D eigenvalue weighted by molar-refractivity contribution is -0.133. The maximum Gasteiger partial charge on any atom is 0.225 e. The van der Waals surface area contributed by atoms with Crippen molar-refractivity contribution in [3.05, 3.63) is 59.7 Å². The number of rotatable bonds is 4. The molecule has 1 amide bonds. The lowest BCUT2D eigenvalue weighted by Crippen LogP contribution is -2.49. The van der Waals surface area contributed by atoms with Crippen molar-refractivity contribution in [2.24, 2.45) is 10.9 Å². The number of likely N-dealkylation sites (N-methyl/N-ethyl adjacent to an activating group) is 1. The second kappa shape index (κ2) is 7.58. The molecule has 6 nitrogen and oxygen atoms in total. The number of para-hydroxylation sites is 2. The molecule has 2 heterocycles. The second-order valence-electron chi connectivity index (χ2n) is 8.41. The minimum absolute atomic E-state index is 0.0942. The summed E-state index contributed by atoms with van der Waals surface area (Å²) in [5.41, 5.74) is 4.41. The molecule has 5 rings (SSSR count). The molecule has 6 heteroatoms. The Labute approximate surface area is 176 Å². The molecule has 3 aliphatic rings. The molecule has 1 unspecified atom stereocenters. The summed E-state index contributed by atoms with van der Waals surface area (Å²) < 4.78 is 0. The third kappa shape index (κ3) is 3.46. The van der Waals surface area contributed by atoms with E-state index in [1.165, 1.54) is 0 Å². The Morgan fingerprint density at radius 3 is 2.83 bits per heavy atom. The van der Waals surface area contributed by atoms with Gasteiger partial charge in [0.05, 0.1) is 28.7 Å². The SMILES string of the molecule is CN(C(=O)C1CC1)[C@H]1CCN(C2Nc3ccccc3N=C2c2cccc(C#N)c2)C1. The maximum atomic E-state index is 12.5. The fraction of sp³-hybridized carbons (Fsp3) is 0.375. The number of aliphatic imine (C=N–C) groups is 1. The number of carbonyl (C=O) groups excluding carboxylic acids is 1. The molecule has 152 valence electrons. The number of nitrogens with one attached hydrogen (secondary N) is 1. The van der Waals surface area contributed by atoms with Gasteiger partial charge in [0, 0.05) is 37.7 Å². The molecule has 0 bridgehead atoms. The van der Waals surface area contributed by atoms with Crippen LogP contribution in [0.1, 0.15) is 30.4 Å². The van der Waals surface area contributed by atoms with E-state index < -0.39 is 0 Å². The average Bonchev–Trinajstić information content (AvgIpc) is 3.53. The first-order valence-corrected chi connectivity index (χ1v) is 10.6. The Balaban J connectivity index is 1.44. The van der Waals surface area contributed by atoms with Gasteiger partial charge in [0.15, 0.2) is 0 Å². The summed E-state index contributed by atoms with van der Waals surface area (Å²) in [7, 11) is 1.95. The van der Waals surface area contributed by atoms with Crippen LogP contribution in [0.15, 0.2) is 53.5 Å². The van der Waals surface area contributed by atoms with E-state index in [1.54, 1.807) is 0 Å². The molecular weight excluding hydrogens is 374 g/mol. The third-order valence-corrected chi connectivity index (χ3v) is 6.37. The lowest BCUT2D eigenvalue weighted by Gasteiger charge is -2.35. The van der Waals surface area contributed by atoms with Crippen LogP contribution in [-0.2, 0) is 4.79 Å². The molecule has 0 aromatic heterocycles. The van der Waals surface area contributed by atoms with Crippen LogP contribution < -0.4 is 5.32 Å². The molecule has 2 aromatic rings. The molecule has 1 saturated heterocycles. The number of nitriles is 1. The van der Waals surface area contributed by atoms with Crippen molar-refractivity contribution in [2.75, 3.05) is 25.5 Å². The van der Waals surface area contributed by atoms with Crippen molar-refractivity contribution in [2.45, 2.75) is 31.5 Å². The van der Waals surface area contributed by atoms with Crippen molar-refractivity contribution in [1.29, 1.82) is 5.26 Å². The first-order chi connectivity index (χ1) is 14.6. The van der Waals surface area contributed by atoms with E-state index in [4.69, 9.17) is 4.99 Å². The Morgan fingerprint density at radius 2 is 2.03 bits per heavy atom. The van der Waals surface area contributed by atoms with Gasteiger partial charge in [-0.05, 0) is 43.5 Å². The van der Waals surface area contributed by atoms with Gasteiger partial charge in [0.1, 0.15) is 6.17 Å². The van der Waals surface area contributed by atoms with Gasteiger partial charge >= 0.3 is 0 Å². The van der Waals surface area contributed by atoms with E-state index in [0.717, 1.165) is 55.0 Å². The zero-order chi connectivity index (χ0) is 20.7. The van der Waals surface area contributed by atoms with Crippen molar-refractivity contribution < 1.29 is 4.79 Å². The van der Waals surface area contributed by atoms with E-state index in [-0.39, 0.29) is 18.1 Å². The minimum atomic E-state index is -0.0942. The van der Waals surface area contributed by atoms with Crippen LogP contribution >= 0.6 is 0 Å². The number of anilines is 1. The standard InChI is InChI=1S/C24H25N5O/c1-28(24(30)17-9-10-17)19-11-12-29(15-19)23-22(18-6-4-5-16(13-18)14-25)26-20-7-2-3-8-21(20)27-23/h2-8,13,17,19,23,27H,9-12,15H2,1H3/t19-,23?/m0/s1. The molecule has 1 saturated carbocycles. The first kappa shape index (κ1) is 18.8. The Morgan fingerprint density at radius 1 is 1.20 bits per heavy atom. The Hall–Kier alpha value is -3.17. The highest BCUT2D eigenvalue weighted by Gasteiger charge is 2.39. The van der Waals surface area contributed by atoms with Crippen LogP contribution in [0.25, 0.3) is 0 Å². The molecule has 0 radical (unpaired) electrons. The van der Waals surface area contributed by atoms with Crippen molar-refractivity contribution >= 4 is 23.0 Å². The number of hydrogen-bond acceptors (Lipinski definition) is 5. The summed E-state index contributed by atoms with van der Waals surface area (Å²) in [5.74, 6) is 0.536. The molecule has 2 fully saturated rings. The molecule has 2 aliphatic heterocycles. The summed E-state index contributed by atoms with van der Waals surface area (Å²) in [6.45, 7) is 1.70. The lowest BCUT2D eigenvalue weighted by atomic mass is 10.0. The molecule has 30 heavy (non-hydrogen) atoms. The van der Waals surface area contributed by atoms with E-state index in [9.17, 15) is 10.1 Å². The first-order valence-electron chi connectivity index (χ1n) is 10.6. The Bertz CT molecular complexity index is 1050. The molecule has 0 spiro atoms. The number of likely N-dealkylation sites (tertiary alicyclic amines) is 1. The predicted octanol–water partition coefficient (Wildman–Crippen LogP) is 3.37. The van der Waals surface area contributed by atoms with Crippen molar-refractivity contribution in [1.82, 2.24) is 9.80 Å². The monoisotopic (exact) mass is 399 g/mol. The Kier molecular flexibility index (Phi) is 4.76. The third-order valence-electron chi connectivity index (χ3n) is 6.37. The summed E-state index contributed by atoms with van der Waals surface area (Å²) in [6, 6.07) is 18.1. The highest BCUT2D eigenvalue weighted by atomic mass is 16.2. The van der Waals surface area contributed by atoms with Crippen LogP contribution in [0.3, 0.4) is 0 Å². The van der Waals surface area contributed by atoms with Crippen LogP contribution in [-0.4, -0.2) is 53.8 Å². The van der Waals surface area contributed by atoms with Crippen LogP contribution in [0, 0.1) is 17.2 Å². The van der Waals surface area contributed by atoms with E-state index in [1.807, 2.05) is 60.5 Å². The van der Waals surface area contributed by atoms with Gasteiger partial charge < -0.3 is 10.2 Å². The fourth-order valence-corrected chi connectivity index (χ4v) is 4.45. The maximum absolute atomic E-state index is 12.5. The molecule has 1 aliphatic carbocycles. The predicted molar refractivity (Wildman–Crippen MR) is 117 cm³/mol. The number of fused-ring (bicyclic) bond motifs is 1. The van der Waals surface area contributed by atoms with E-state index in [2.05, 4.69) is 16.3 Å². The molecule has 1 N–H and O–H groups in total. The van der Waals surface area contributed by atoms with E-state index in [0.29, 0.717) is 11.5 Å². The highest BCUT2D eigenvalue weighted by molar-refractivity contribution is 6.09. The van der Waals surface area contributed by atoms with Crippen molar-refractivity contribution in [3.8, 4) is 6.07 Å². The van der Waals surface area contributed by atoms with Gasteiger partial charge in [-0.15, -0.1) is 0 Å². The number of carbonyl (C=O) groups is 1. The van der Waals surface area contributed by atoms with E-state index >= 15 is 0 Å². The van der Waals surface area contributed by atoms with Gasteiger partial charge in [0.25, 0.3) is 0 Å². The fourth-order valence-electron chi connectivity index (χ4n) is 4.45. The number of hydrogen-bond donors (Lipinski definition) is 1.